The Kier molecular flexibility index (Phi) is 5.25. The third kappa shape index (κ3) is 4.28. The Morgan fingerprint density at radius 1 is 1.64 bits per heavy atom. The zero-order valence-corrected chi connectivity index (χ0v) is 9.76. The van der Waals surface area contributed by atoms with Gasteiger partial charge in [0.15, 0.2) is 0 Å². The van der Waals surface area contributed by atoms with Gasteiger partial charge in [-0.3, -0.25) is 4.79 Å². The summed E-state index contributed by atoms with van der Waals surface area (Å²) in [4.78, 5) is 12.0. The van der Waals surface area contributed by atoms with Crippen LogP contribution in [0.15, 0.2) is 0 Å². The number of thiocarbonyl (C=S) groups is 1. The molecule has 1 amide bonds. The Balaban J connectivity index is 2.05. The molecule has 0 aromatic heterocycles. The van der Waals surface area contributed by atoms with Crippen molar-refractivity contribution >= 4 is 34.9 Å². The van der Waals surface area contributed by atoms with Crippen LogP contribution < -0.4 is 11.1 Å². The van der Waals surface area contributed by atoms with E-state index in [0.29, 0.717) is 18.0 Å². The van der Waals surface area contributed by atoms with Crippen LogP contribution in [-0.4, -0.2) is 28.4 Å². The highest BCUT2D eigenvalue weighted by Crippen LogP contribution is 2.25. The first kappa shape index (κ1) is 11.8. The Morgan fingerprint density at radius 3 is 3.00 bits per heavy atom. The highest BCUT2D eigenvalue weighted by molar-refractivity contribution is 8.00. The van der Waals surface area contributed by atoms with Crippen LogP contribution in [0.3, 0.4) is 0 Å². The summed E-state index contributed by atoms with van der Waals surface area (Å²) < 4.78 is 0. The average Bonchev–Trinajstić information content (AvgIpc) is 2.64. The Morgan fingerprint density at radius 2 is 2.43 bits per heavy atom. The van der Waals surface area contributed by atoms with Crippen molar-refractivity contribution in [3.63, 3.8) is 0 Å². The van der Waals surface area contributed by atoms with Crippen molar-refractivity contribution in [3.05, 3.63) is 0 Å². The minimum absolute atomic E-state index is 0.176. The summed E-state index contributed by atoms with van der Waals surface area (Å²) >= 11 is 6.50. The lowest BCUT2D eigenvalue weighted by Crippen LogP contribution is -2.32. The average molecular weight is 232 g/mol. The third-order valence-corrected chi connectivity index (χ3v) is 3.70. The largest absolute Gasteiger partial charge is 0.393 e. The van der Waals surface area contributed by atoms with Gasteiger partial charge in [-0.25, -0.2) is 0 Å². The van der Waals surface area contributed by atoms with Crippen molar-refractivity contribution in [3.8, 4) is 0 Å². The number of hydrogen-bond acceptors (Lipinski definition) is 3. The molecule has 0 bridgehead atoms. The fraction of sp³-hybridized carbons (Fsp3) is 0.778. The van der Waals surface area contributed by atoms with E-state index in [1.165, 1.54) is 0 Å². The maximum Gasteiger partial charge on any atom is 0.233 e. The minimum Gasteiger partial charge on any atom is -0.393 e. The van der Waals surface area contributed by atoms with Gasteiger partial charge in [-0.2, -0.15) is 0 Å². The summed E-state index contributed by atoms with van der Waals surface area (Å²) in [6.07, 6.45) is 3.74. The van der Waals surface area contributed by atoms with Gasteiger partial charge in [0.25, 0.3) is 0 Å². The molecule has 1 aliphatic heterocycles. The lowest BCUT2D eigenvalue weighted by atomic mass is 10.2. The van der Waals surface area contributed by atoms with E-state index in [4.69, 9.17) is 18.0 Å². The number of amides is 1. The fourth-order valence-electron chi connectivity index (χ4n) is 1.37. The molecule has 0 aliphatic carbocycles. The standard InChI is InChI=1S/C9H16N2OS2/c10-8(13)4-1-5-11-9(12)7-3-2-6-14-7/h7H,1-6H2,(H2,10,13)(H,11,12). The van der Waals surface area contributed by atoms with Gasteiger partial charge in [-0.15, -0.1) is 11.8 Å². The first-order valence-corrected chi connectivity index (χ1v) is 6.33. The van der Waals surface area contributed by atoms with Crippen LogP contribution >= 0.6 is 24.0 Å². The van der Waals surface area contributed by atoms with Crippen molar-refractivity contribution in [2.75, 3.05) is 12.3 Å². The molecule has 1 rings (SSSR count). The van der Waals surface area contributed by atoms with Gasteiger partial charge in [0.1, 0.15) is 0 Å². The Bertz CT molecular complexity index is 215. The molecule has 1 unspecified atom stereocenters. The topological polar surface area (TPSA) is 55.1 Å². The molecule has 1 heterocycles. The molecular weight excluding hydrogens is 216 g/mol. The molecule has 1 fully saturated rings. The summed E-state index contributed by atoms with van der Waals surface area (Å²) in [7, 11) is 0. The summed E-state index contributed by atoms with van der Waals surface area (Å²) in [5, 5.41) is 3.09. The molecule has 0 radical (unpaired) electrons. The number of hydrogen-bond donors (Lipinski definition) is 2. The molecule has 0 saturated carbocycles. The van der Waals surface area contributed by atoms with Gasteiger partial charge in [-0.1, -0.05) is 12.2 Å². The van der Waals surface area contributed by atoms with Gasteiger partial charge in [0.2, 0.25) is 5.91 Å². The number of rotatable bonds is 5. The summed E-state index contributed by atoms with van der Waals surface area (Å²) in [5.41, 5.74) is 5.35. The van der Waals surface area contributed by atoms with Crippen molar-refractivity contribution in [2.45, 2.75) is 30.9 Å². The molecular formula is C9H16N2OS2. The number of carbonyl (C=O) groups excluding carboxylic acids is 1. The van der Waals surface area contributed by atoms with Crippen molar-refractivity contribution in [2.24, 2.45) is 5.73 Å². The summed E-state index contributed by atoms with van der Waals surface area (Å²) in [5.74, 6) is 1.29. The Labute approximate surface area is 94.2 Å². The van der Waals surface area contributed by atoms with Crippen LogP contribution in [-0.2, 0) is 4.79 Å². The van der Waals surface area contributed by atoms with Gasteiger partial charge in [0, 0.05) is 6.54 Å². The lowest BCUT2D eigenvalue weighted by molar-refractivity contribution is -0.120. The Hall–Kier alpha value is -0.290. The first-order chi connectivity index (χ1) is 6.70. The molecule has 14 heavy (non-hydrogen) atoms. The SMILES string of the molecule is NC(=S)CCCNC(=O)C1CCCS1. The van der Waals surface area contributed by atoms with Crippen LogP contribution in [0.25, 0.3) is 0 Å². The second-order valence-electron chi connectivity index (χ2n) is 3.36. The molecule has 0 aromatic carbocycles. The molecule has 1 atom stereocenters. The van der Waals surface area contributed by atoms with Crippen molar-refractivity contribution < 1.29 is 4.79 Å². The van der Waals surface area contributed by atoms with E-state index >= 15 is 0 Å². The molecule has 3 N–H and O–H groups in total. The number of thioether (sulfide) groups is 1. The molecule has 80 valence electrons. The van der Waals surface area contributed by atoms with E-state index in [9.17, 15) is 4.79 Å². The quantitative estimate of drug-likeness (QED) is 0.550. The normalized spacial score (nSPS) is 20.7. The molecule has 0 aromatic rings. The second-order valence-corrected chi connectivity index (χ2v) is 5.20. The zero-order chi connectivity index (χ0) is 10.4. The number of carbonyl (C=O) groups is 1. The van der Waals surface area contributed by atoms with E-state index in [2.05, 4.69) is 5.32 Å². The van der Waals surface area contributed by atoms with Crippen molar-refractivity contribution in [1.82, 2.24) is 5.32 Å². The van der Waals surface area contributed by atoms with Crippen LogP contribution in [0.2, 0.25) is 0 Å². The second kappa shape index (κ2) is 6.24. The van der Waals surface area contributed by atoms with Gasteiger partial charge in [-0.05, 0) is 31.4 Å². The molecule has 5 heteroatoms. The van der Waals surface area contributed by atoms with Gasteiger partial charge >= 0.3 is 0 Å². The molecule has 0 spiro atoms. The number of nitrogens with one attached hydrogen (secondary N) is 1. The molecule has 1 aliphatic rings. The predicted octanol–water partition coefficient (Wildman–Crippen LogP) is 1.06. The highest BCUT2D eigenvalue weighted by atomic mass is 32.2. The van der Waals surface area contributed by atoms with E-state index < -0.39 is 0 Å². The first-order valence-electron chi connectivity index (χ1n) is 4.88. The van der Waals surface area contributed by atoms with E-state index in [1.54, 1.807) is 11.8 Å². The zero-order valence-electron chi connectivity index (χ0n) is 8.12. The summed E-state index contributed by atoms with van der Waals surface area (Å²) in [6.45, 7) is 0.688. The van der Waals surface area contributed by atoms with Crippen LogP contribution in [0, 0.1) is 0 Å². The smallest absolute Gasteiger partial charge is 0.233 e. The minimum atomic E-state index is 0.176. The monoisotopic (exact) mass is 232 g/mol. The van der Waals surface area contributed by atoms with Crippen LogP contribution in [0.5, 0.6) is 0 Å². The van der Waals surface area contributed by atoms with E-state index in [-0.39, 0.29) is 11.2 Å². The van der Waals surface area contributed by atoms with E-state index in [0.717, 1.165) is 25.0 Å². The summed E-state index contributed by atoms with van der Waals surface area (Å²) in [6, 6.07) is 0. The lowest BCUT2D eigenvalue weighted by Gasteiger charge is -2.09. The fourth-order valence-corrected chi connectivity index (χ4v) is 2.70. The maximum absolute atomic E-state index is 11.5. The number of nitrogens with two attached hydrogens (primary N) is 1. The molecule has 3 nitrogen and oxygen atoms in total. The van der Waals surface area contributed by atoms with Crippen LogP contribution in [0.4, 0.5) is 0 Å². The van der Waals surface area contributed by atoms with Gasteiger partial charge in [0.05, 0.1) is 10.2 Å². The van der Waals surface area contributed by atoms with Gasteiger partial charge < -0.3 is 11.1 Å². The third-order valence-electron chi connectivity index (χ3n) is 2.12. The maximum atomic E-state index is 11.5. The highest BCUT2D eigenvalue weighted by Gasteiger charge is 2.22. The van der Waals surface area contributed by atoms with E-state index in [1.807, 2.05) is 0 Å². The molecule has 1 saturated heterocycles. The predicted molar refractivity (Wildman–Crippen MR) is 64.5 cm³/mol. The van der Waals surface area contributed by atoms with Crippen LogP contribution in [0.1, 0.15) is 25.7 Å². The van der Waals surface area contributed by atoms with Crippen molar-refractivity contribution in [1.29, 1.82) is 0 Å².